The monoisotopic (exact) mass is 458 g/mol. The number of hydrogen-bond donors (Lipinski definition) is 0. The molecule has 0 saturated carbocycles. The van der Waals surface area contributed by atoms with Crippen molar-refractivity contribution in [2.75, 3.05) is 12.9 Å². The van der Waals surface area contributed by atoms with Crippen molar-refractivity contribution in [2.24, 2.45) is 0 Å². The molecule has 0 aliphatic heterocycles. The van der Waals surface area contributed by atoms with Gasteiger partial charge in [-0.05, 0) is 48.2 Å². The lowest BCUT2D eigenvalue weighted by Crippen LogP contribution is -2.09. The SMILES string of the molecule is CCc1cccc(CC)c1-n1c(SCC(=O)c2ccccc2OC)nnc1-c1cccnc1. The van der Waals surface area contributed by atoms with E-state index in [9.17, 15) is 4.79 Å². The Labute approximate surface area is 198 Å². The summed E-state index contributed by atoms with van der Waals surface area (Å²) in [5.74, 6) is 1.49. The topological polar surface area (TPSA) is 69.9 Å². The number of carbonyl (C=O) groups excluding carboxylic acids is 1. The summed E-state index contributed by atoms with van der Waals surface area (Å²) < 4.78 is 7.44. The quantitative estimate of drug-likeness (QED) is 0.246. The Morgan fingerprint density at radius 1 is 0.970 bits per heavy atom. The second kappa shape index (κ2) is 10.4. The first-order valence-electron chi connectivity index (χ1n) is 10.9. The van der Waals surface area contributed by atoms with Crippen LogP contribution in [0.25, 0.3) is 17.1 Å². The Morgan fingerprint density at radius 2 is 1.73 bits per heavy atom. The molecular weight excluding hydrogens is 432 g/mol. The molecule has 2 aromatic carbocycles. The number of nitrogens with zero attached hydrogens (tertiary/aromatic N) is 4. The number of aromatic nitrogens is 4. The molecular formula is C26H26N4O2S. The highest BCUT2D eigenvalue weighted by Gasteiger charge is 2.22. The van der Waals surface area contributed by atoms with E-state index in [1.54, 1.807) is 31.6 Å². The Balaban J connectivity index is 1.78. The van der Waals surface area contributed by atoms with Gasteiger partial charge >= 0.3 is 0 Å². The first-order valence-corrected chi connectivity index (χ1v) is 11.9. The number of rotatable bonds is 9. The molecule has 0 spiro atoms. The van der Waals surface area contributed by atoms with Crippen LogP contribution in [0, 0.1) is 0 Å². The molecule has 0 saturated heterocycles. The van der Waals surface area contributed by atoms with Gasteiger partial charge in [0.2, 0.25) is 0 Å². The lowest BCUT2D eigenvalue weighted by atomic mass is 10.0. The van der Waals surface area contributed by atoms with Gasteiger partial charge in [-0.25, -0.2) is 0 Å². The third kappa shape index (κ3) is 4.68. The predicted molar refractivity (Wildman–Crippen MR) is 131 cm³/mol. The van der Waals surface area contributed by atoms with Crippen LogP contribution in [-0.4, -0.2) is 38.4 Å². The van der Waals surface area contributed by atoms with E-state index >= 15 is 0 Å². The van der Waals surface area contributed by atoms with E-state index in [4.69, 9.17) is 4.74 Å². The molecule has 2 aromatic heterocycles. The van der Waals surface area contributed by atoms with E-state index in [1.165, 1.54) is 22.9 Å². The highest BCUT2D eigenvalue weighted by Crippen LogP contribution is 2.32. The zero-order valence-electron chi connectivity index (χ0n) is 19.0. The van der Waals surface area contributed by atoms with Crippen LogP contribution in [0.3, 0.4) is 0 Å². The van der Waals surface area contributed by atoms with Gasteiger partial charge in [-0.15, -0.1) is 10.2 Å². The number of ketones is 1. The maximum atomic E-state index is 13.0. The van der Waals surface area contributed by atoms with Gasteiger partial charge in [0.25, 0.3) is 0 Å². The molecule has 0 aliphatic carbocycles. The molecule has 33 heavy (non-hydrogen) atoms. The molecule has 4 rings (SSSR count). The fourth-order valence-corrected chi connectivity index (χ4v) is 4.65. The van der Waals surface area contributed by atoms with Crippen molar-refractivity contribution in [1.82, 2.24) is 19.7 Å². The molecule has 0 aliphatic rings. The Bertz CT molecular complexity index is 1230. The minimum Gasteiger partial charge on any atom is -0.496 e. The zero-order valence-corrected chi connectivity index (χ0v) is 19.8. The molecule has 6 nitrogen and oxygen atoms in total. The first kappa shape index (κ1) is 22.7. The van der Waals surface area contributed by atoms with Crippen LogP contribution >= 0.6 is 11.8 Å². The summed E-state index contributed by atoms with van der Waals surface area (Å²) in [5.41, 5.74) is 4.93. The maximum absolute atomic E-state index is 13.0. The van der Waals surface area contributed by atoms with E-state index < -0.39 is 0 Å². The average molecular weight is 459 g/mol. The molecule has 0 bridgehead atoms. The lowest BCUT2D eigenvalue weighted by molar-refractivity contribution is 0.101. The number of hydrogen-bond acceptors (Lipinski definition) is 6. The van der Waals surface area contributed by atoms with Gasteiger partial charge in [0.1, 0.15) is 5.75 Å². The number of Topliss-reactive ketones (excluding diaryl/α,β-unsaturated/α-hetero) is 1. The summed E-state index contributed by atoms with van der Waals surface area (Å²) >= 11 is 1.38. The number of aryl methyl sites for hydroxylation is 2. The Hall–Kier alpha value is -3.45. The summed E-state index contributed by atoms with van der Waals surface area (Å²) in [4.78, 5) is 17.3. The number of para-hydroxylation sites is 2. The van der Waals surface area contributed by atoms with Crippen molar-refractivity contribution in [3.63, 3.8) is 0 Å². The minimum absolute atomic E-state index is 0.0191. The van der Waals surface area contributed by atoms with Crippen molar-refractivity contribution in [2.45, 2.75) is 31.8 Å². The van der Waals surface area contributed by atoms with Crippen molar-refractivity contribution in [1.29, 1.82) is 0 Å². The van der Waals surface area contributed by atoms with Crippen LogP contribution in [0.15, 0.2) is 72.1 Å². The number of methoxy groups -OCH3 is 1. The van der Waals surface area contributed by atoms with E-state index in [0.717, 1.165) is 24.1 Å². The van der Waals surface area contributed by atoms with Gasteiger partial charge in [0, 0.05) is 18.0 Å². The summed E-state index contributed by atoms with van der Waals surface area (Å²) in [5, 5.41) is 9.68. The van der Waals surface area contributed by atoms with E-state index in [0.29, 0.717) is 22.3 Å². The third-order valence-electron chi connectivity index (χ3n) is 5.48. The fraction of sp³-hybridized carbons (Fsp3) is 0.231. The van der Waals surface area contributed by atoms with Crippen LogP contribution in [-0.2, 0) is 12.8 Å². The van der Waals surface area contributed by atoms with Crippen LogP contribution in [0.5, 0.6) is 5.75 Å². The van der Waals surface area contributed by atoms with E-state index in [-0.39, 0.29) is 11.5 Å². The third-order valence-corrected chi connectivity index (χ3v) is 6.41. The molecule has 4 aromatic rings. The van der Waals surface area contributed by atoms with Crippen LogP contribution in [0.2, 0.25) is 0 Å². The average Bonchev–Trinajstić information content (AvgIpc) is 3.30. The van der Waals surface area contributed by atoms with Gasteiger partial charge in [-0.2, -0.15) is 0 Å². The zero-order chi connectivity index (χ0) is 23.2. The molecule has 0 N–H and O–H groups in total. The van der Waals surface area contributed by atoms with Gasteiger partial charge < -0.3 is 4.74 Å². The summed E-state index contributed by atoms with van der Waals surface area (Å²) in [6.45, 7) is 4.29. The van der Waals surface area contributed by atoms with Crippen LogP contribution < -0.4 is 4.74 Å². The number of benzene rings is 2. The number of carbonyl (C=O) groups is 1. The van der Waals surface area contributed by atoms with Crippen molar-refractivity contribution >= 4 is 17.5 Å². The first-order chi connectivity index (χ1) is 16.2. The predicted octanol–water partition coefficient (Wildman–Crippen LogP) is 5.44. The summed E-state index contributed by atoms with van der Waals surface area (Å²) in [7, 11) is 1.57. The second-order valence-electron chi connectivity index (χ2n) is 7.43. The highest BCUT2D eigenvalue weighted by molar-refractivity contribution is 7.99. The highest BCUT2D eigenvalue weighted by atomic mass is 32.2. The molecule has 0 fully saturated rings. The van der Waals surface area contributed by atoms with Gasteiger partial charge in [-0.1, -0.05) is 55.9 Å². The number of thioether (sulfide) groups is 1. The molecule has 168 valence electrons. The Kier molecular flexibility index (Phi) is 7.19. The number of ether oxygens (including phenoxy) is 1. The van der Waals surface area contributed by atoms with Crippen molar-refractivity contribution in [3.8, 4) is 22.8 Å². The van der Waals surface area contributed by atoms with Gasteiger partial charge in [-0.3, -0.25) is 14.3 Å². The van der Waals surface area contributed by atoms with Crippen molar-refractivity contribution < 1.29 is 9.53 Å². The van der Waals surface area contributed by atoms with Crippen molar-refractivity contribution in [3.05, 3.63) is 83.7 Å². The second-order valence-corrected chi connectivity index (χ2v) is 8.37. The van der Waals surface area contributed by atoms with Crippen LogP contribution in [0.4, 0.5) is 0 Å². The largest absolute Gasteiger partial charge is 0.496 e. The van der Waals surface area contributed by atoms with Crippen LogP contribution in [0.1, 0.15) is 35.3 Å². The van der Waals surface area contributed by atoms with Gasteiger partial charge in [0.05, 0.1) is 24.1 Å². The molecule has 0 unspecified atom stereocenters. The maximum Gasteiger partial charge on any atom is 0.196 e. The molecule has 0 atom stereocenters. The molecule has 2 heterocycles. The smallest absolute Gasteiger partial charge is 0.196 e. The lowest BCUT2D eigenvalue weighted by Gasteiger charge is -2.18. The summed E-state index contributed by atoms with van der Waals surface area (Å²) in [6.07, 6.45) is 5.27. The summed E-state index contributed by atoms with van der Waals surface area (Å²) in [6, 6.07) is 17.5. The van der Waals surface area contributed by atoms with E-state index in [2.05, 4.69) is 51.8 Å². The van der Waals surface area contributed by atoms with E-state index in [1.807, 2.05) is 24.3 Å². The number of pyridine rings is 1. The molecule has 0 radical (unpaired) electrons. The molecule has 0 amide bonds. The standard InChI is InChI=1S/C26H26N4O2S/c1-4-18-10-8-11-19(5-2)24(18)30-25(20-12-9-15-27-16-20)28-29-26(30)33-17-22(31)21-13-6-7-14-23(21)32-3/h6-16H,4-5,17H2,1-3H3. The minimum atomic E-state index is -0.0191. The normalized spacial score (nSPS) is 10.9. The Morgan fingerprint density at radius 3 is 2.39 bits per heavy atom. The molecule has 7 heteroatoms. The van der Waals surface area contributed by atoms with Gasteiger partial charge in [0.15, 0.2) is 16.8 Å². The fourth-order valence-electron chi connectivity index (χ4n) is 3.83.